The number of nitrogens with zero attached hydrogens (tertiary/aromatic N) is 3. The summed E-state index contributed by atoms with van der Waals surface area (Å²) in [4.78, 5) is 2.23. The molecule has 192 valence electrons. The lowest BCUT2D eigenvalue weighted by Gasteiger charge is -2.25. The van der Waals surface area contributed by atoms with Crippen molar-refractivity contribution in [3.63, 3.8) is 0 Å². The molecule has 1 atom stereocenters. The summed E-state index contributed by atoms with van der Waals surface area (Å²) in [5.74, 6) is 1.54. The number of hydrogen-bond acceptors (Lipinski definition) is 5. The van der Waals surface area contributed by atoms with Gasteiger partial charge in [0.05, 0.1) is 5.56 Å². The predicted molar refractivity (Wildman–Crippen MR) is 141 cm³/mol. The van der Waals surface area contributed by atoms with E-state index in [4.69, 9.17) is 14.6 Å². The number of aromatic nitrogens is 2. The lowest BCUT2D eigenvalue weighted by molar-refractivity contribution is 0.0637. The van der Waals surface area contributed by atoms with E-state index in [0.717, 1.165) is 29.1 Å². The fraction of sp³-hybridized carbons (Fsp3) is 0.300. The van der Waals surface area contributed by atoms with Gasteiger partial charge < -0.3 is 14.6 Å². The molecule has 0 unspecified atom stereocenters. The Morgan fingerprint density at radius 2 is 1.68 bits per heavy atom. The number of rotatable bonds is 12. The lowest BCUT2D eigenvalue weighted by Crippen LogP contribution is -2.36. The van der Waals surface area contributed by atoms with Crippen molar-refractivity contribution in [3.05, 3.63) is 96.3 Å². The Morgan fingerprint density at radius 3 is 2.38 bits per heavy atom. The van der Waals surface area contributed by atoms with Gasteiger partial charge in [0.1, 0.15) is 24.2 Å². The smallest absolute Gasteiger partial charge is 0.222 e. The number of para-hydroxylation sites is 2. The van der Waals surface area contributed by atoms with E-state index in [9.17, 15) is 9.50 Å². The topological polar surface area (TPSA) is 59.8 Å². The van der Waals surface area contributed by atoms with Gasteiger partial charge in [0.25, 0.3) is 0 Å². The van der Waals surface area contributed by atoms with Crippen molar-refractivity contribution in [2.45, 2.75) is 25.5 Å². The van der Waals surface area contributed by atoms with E-state index in [0.29, 0.717) is 24.9 Å². The highest BCUT2D eigenvalue weighted by molar-refractivity contribution is 5.65. The number of halogens is 1. The second kappa shape index (κ2) is 11.6. The van der Waals surface area contributed by atoms with Crippen molar-refractivity contribution < 1.29 is 19.0 Å². The third-order valence-corrected chi connectivity index (χ3v) is 6.43. The van der Waals surface area contributed by atoms with Crippen molar-refractivity contribution in [2.75, 3.05) is 19.7 Å². The van der Waals surface area contributed by atoms with Crippen molar-refractivity contribution in [1.29, 1.82) is 0 Å². The van der Waals surface area contributed by atoms with Crippen LogP contribution in [0.15, 0.2) is 84.9 Å². The molecule has 1 fully saturated rings. The summed E-state index contributed by atoms with van der Waals surface area (Å²) in [6.45, 7) is 1.99. The first-order chi connectivity index (χ1) is 18.1. The zero-order chi connectivity index (χ0) is 25.6. The van der Waals surface area contributed by atoms with Crippen molar-refractivity contribution in [1.82, 2.24) is 14.7 Å². The number of benzene rings is 3. The molecule has 1 N–H and O–H groups in total. The van der Waals surface area contributed by atoms with Crippen molar-refractivity contribution in [2.24, 2.45) is 13.0 Å². The fourth-order valence-electron chi connectivity index (χ4n) is 4.43. The van der Waals surface area contributed by atoms with Gasteiger partial charge in [-0.3, -0.25) is 4.90 Å². The van der Waals surface area contributed by atoms with E-state index in [1.165, 1.54) is 18.9 Å². The Labute approximate surface area is 216 Å². The van der Waals surface area contributed by atoms with Crippen LogP contribution in [-0.4, -0.2) is 45.6 Å². The summed E-state index contributed by atoms with van der Waals surface area (Å²) in [5.41, 5.74) is 2.59. The Balaban J connectivity index is 1.41. The third-order valence-electron chi connectivity index (χ3n) is 6.43. The molecule has 1 aliphatic carbocycles. The summed E-state index contributed by atoms with van der Waals surface area (Å²) in [7, 11) is 1.81. The SMILES string of the molecule is Cn1nc(-c2ccccc2)c(CN(CC2CC2)C[C@H](O)COc2ccccc2)c1Oc1ccccc1F. The van der Waals surface area contributed by atoms with Crippen molar-refractivity contribution in [3.8, 4) is 28.6 Å². The molecule has 6 nitrogen and oxygen atoms in total. The van der Waals surface area contributed by atoms with Gasteiger partial charge in [-0.25, -0.2) is 9.07 Å². The summed E-state index contributed by atoms with van der Waals surface area (Å²) < 4.78 is 28.1. The minimum atomic E-state index is -0.674. The average Bonchev–Trinajstić information content (AvgIpc) is 3.68. The van der Waals surface area contributed by atoms with E-state index in [2.05, 4.69) is 4.90 Å². The van der Waals surface area contributed by atoms with Gasteiger partial charge in [-0.05, 0) is 43.0 Å². The van der Waals surface area contributed by atoms with Gasteiger partial charge in [-0.1, -0.05) is 60.7 Å². The van der Waals surface area contributed by atoms with E-state index in [-0.39, 0.29) is 12.4 Å². The van der Waals surface area contributed by atoms with Crippen LogP contribution in [-0.2, 0) is 13.6 Å². The summed E-state index contributed by atoms with van der Waals surface area (Å²) >= 11 is 0. The quantitative estimate of drug-likeness (QED) is 0.271. The van der Waals surface area contributed by atoms with Gasteiger partial charge in [-0.15, -0.1) is 0 Å². The number of ether oxygens (including phenoxy) is 2. The molecule has 0 amide bonds. The number of hydrogen-bond donors (Lipinski definition) is 1. The highest BCUT2D eigenvalue weighted by Gasteiger charge is 2.29. The molecule has 5 rings (SSSR count). The molecule has 1 saturated carbocycles. The maximum atomic E-state index is 14.5. The molecule has 0 radical (unpaired) electrons. The number of aliphatic hydroxyl groups is 1. The largest absolute Gasteiger partial charge is 0.491 e. The van der Waals surface area contributed by atoms with Crippen LogP contribution in [0.4, 0.5) is 4.39 Å². The predicted octanol–water partition coefficient (Wildman–Crippen LogP) is 5.67. The maximum Gasteiger partial charge on any atom is 0.222 e. The maximum absolute atomic E-state index is 14.5. The van der Waals surface area contributed by atoms with Crippen LogP contribution in [0.1, 0.15) is 18.4 Å². The normalized spacial score (nSPS) is 14.1. The zero-order valence-electron chi connectivity index (χ0n) is 21.0. The highest BCUT2D eigenvalue weighted by Crippen LogP contribution is 2.36. The Bertz CT molecular complexity index is 1290. The van der Waals surface area contributed by atoms with E-state index in [1.54, 1.807) is 29.9 Å². The van der Waals surface area contributed by atoms with Crippen LogP contribution >= 0.6 is 0 Å². The van der Waals surface area contributed by atoms with Crippen LogP contribution in [0.5, 0.6) is 17.4 Å². The molecule has 0 spiro atoms. The monoisotopic (exact) mass is 501 g/mol. The molecule has 0 saturated heterocycles. The Hall–Kier alpha value is -3.68. The summed E-state index contributed by atoms with van der Waals surface area (Å²) in [5, 5.41) is 15.6. The van der Waals surface area contributed by atoms with Crippen LogP contribution < -0.4 is 9.47 Å². The Morgan fingerprint density at radius 1 is 1.00 bits per heavy atom. The first-order valence-corrected chi connectivity index (χ1v) is 12.7. The average molecular weight is 502 g/mol. The third kappa shape index (κ3) is 6.56. The number of aliphatic hydroxyl groups excluding tert-OH is 1. The first kappa shape index (κ1) is 25.0. The molecular weight excluding hydrogens is 469 g/mol. The van der Waals surface area contributed by atoms with Gasteiger partial charge in [-0.2, -0.15) is 5.10 Å². The molecule has 37 heavy (non-hydrogen) atoms. The van der Waals surface area contributed by atoms with Crippen molar-refractivity contribution >= 4 is 0 Å². The van der Waals surface area contributed by atoms with Gasteiger partial charge in [0.2, 0.25) is 5.88 Å². The highest BCUT2D eigenvalue weighted by atomic mass is 19.1. The molecule has 1 aliphatic rings. The van der Waals surface area contributed by atoms with E-state index < -0.39 is 11.9 Å². The molecule has 0 aliphatic heterocycles. The van der Waals surface area contributed by atoms with E-state index in [1.807, 2.05) is 60.7 Å². The molecule has 1 heterocycles. The van der Waals surface area contributed by atoms with Crippen LogP contribution in [0.3, 0.4) is 0 Å². The van der Waals surface area contributed by atoms with Gasteiger partial charge >= 0.3 is 0 Å². The molecule has 7 heteroatoms. The summed E-state index contributed by atoms with van der Waals surface area (Å²) in [6.07, 6.45) is 1.70. The lowest BCUT2D eigenvalue weighted by atomic mass is 10.1. The molecular formula is C30H32FN3O3. The molecule has 0 bridgehead atoms. The second-order valence-electron chi connectivity index (χ2n) is 9.57. The van der Waals surface area contributed by atoms with Crippen LogP contribution in [0.25, 0.3) is 11.3 Å². The second-order valence-corrected chi connectivity index (χ2v) is 9.57. The van der Waals surface area contributed by atoms with E-state index >= 15 is 0 Å². The molecule has 4 aromatic rings. The number of aryl methyl sites for hydroxylation is 1. The molecule has 3 aromatic carbocycles. The first-order valence-electron chi connectivity index (χ1n) is 12.7. The minimum Gasteiger partial charge on any atom is -0.491 e. The van der Waals surface area contributed by atoms with Crippen LogP contribution in [0.2, 0.25) is 0 Å². The minimum absolute atomic E-state index is 0.149. The zero-order valence-corrected chi connectivity index (χ0v) is 21.0. The fourth-order valence-corrected chi connectivity index (χ4v) is 4.43. The molecule has 1 aromatic heterocycles. The van der Waals surface area contributed by atoms with Gasteiger partial charge in [0.15, 0.2) is 11.6 Å². The summed E-state index contributed by atoms with van der Waals surface area (Å²) in [6, 6.07) is 25.8. The van der Waals surface area contributed by atoms with Gasteiger partial charge in [0, 0.05) is 32.2 Å². The van der Waals surface area contributed by atoms with Crippen LogP contribution in [0, 0.1) is 11.7 Å². The Kier molecular flexibility index (Phi) is 7.82. The standard InChI is InChI=1S/C30H32FN3O3/c1-33-30(37-28-15-9-8-14-27(28)31)26(29(32-33)23-10-4-2-5-11-23)20-34(18-22-16-17-22)19-24(35)21-36-25-12-6-3-7-13-25/h2-15,22,24,35H,16-21H2,1H3/t24-/m0/s1.